The van der Waals surface area contributed by atoms with Crippen molar-refractivity contribution in [3.05, 3.63) is 63.2 Å². The first kappa shape index (κ1) is 22.9. The van der Waals surface area contributed by atoms with Gasteiger partial charge < -0.3 is 14.6 Å². The van der Waals surface area contributed by atoms with Gasteiger partial charge in [0, 0.05) is 47.2 Å². The highest BCUT2D eigenvalue weighted by atomic mass is 32.2. The quantitative estimate of drug-likeness (QED) is 0.402. The molecule has 0 spiro atoms. The highest BCUT2D eigenvalue weighted by molar-refractivity contribution is 7.90. The van der Waals surface area contributed by atoms with Crippen LogP contribution in [0.2, 0.25) is 0 Å². The fourth-order valence-corrected chi connectivity index (χ4v) is 3.82. The fraction of sp³-hybridized carbons (Fsp3) is 0.350. The van der Waals surface area contributed by atoms with Crippen LogP contribution in [0.1, 0.15) is 49.2 Å². The molecule has 3 rings (SSSR count). The number of carbonyl (C=O) groups excluding carboxylic acids is 1. The van der Waals surface area contributed by atoms with Crippen molar-refractivity contribution >= 4 is 28.6 Å². The largest absolute Gasteiger partial charge is 0.598 e. The number of hydrogen-bond acceptors (Lipinski definition) is 6. The minimum absolute atomic E-state index is 0.0246. The Morgan fingerprint density at radius 2 is 1.94 bits per heavy atom. The third kappa shape index (κ3) is 5.12. The van der Waals surface area contributed by atoms with E-state index in [0.29, 0.717) is 12.0 Å². The van der Waals surface area contributed by atoms with Crippen LogP contribution < -0.4 is 14.8 Å². The number of fused-ring (bicyclic) bond motifs is 1. The molecule has 1 heterocycles. The Balaban J connectivity index is 2.00. The number of anilines is 1. The molecule has 0 aromatic heterocycles. The Kier molecular flexibility index (Phi) is 6.48. The Morgan fingerprint density at radius 3 is 2.55 bits per heavy atom. The molecule has 2 atom stereocenters. The number of non-ortho nitro benzene ring substituents is 1. The zero-order valence-corrected chi connectivity index (χ0v) is 17.8. The lowest BCUT2D eigenvalue weighted by Crippen LogP contribution is -2.42. The standard InChI is InChI=1S/C20H21F2N3O5S/c1-20(2,3)31(29)24-17-6-7-30-18-13(17)9-12(25(27)28)10-14(18)19(26)23-11-4-5-15(21)16(22)8-11/h4-5,8-10,17,24H,6-7H2,1-3H3,(H,23,26)/t17-,31-/m0/s1. The van der Waals surface area contributed by atoms with Gasteiger partial charge in [-0.3, -0.25) is 14.9 Å². The van der Waals surface area contributed by atoms with Crippen molar-refractivity contribution in [2.45, 2.75) is 38.0 Å². The first-order chi connectivity index (χ1) is 14.5. The Bertz CT molecular complexity index is 1030. The van der Waals surface area contributed by atoms with Crippen molar-refractivity contribution in [2.75, 3.05) is 11.9 Å². The van der Waals surface area contributed by atoms with Gasteiger partial charge in [0.1, 0.15) is 10.5 Å². The number of amides is 1. The Labute approximate surface area is 180 Å². The van der Waals surface area contributed by atoms with Gasteiger partial charge in [-0.05, 0) is 32.9 Å². The number of halogens is 2. The van der Waals surface area contributed by atoms with E-state index in [1.807, 2.05) is 0 Å². The first-order valence-corrected chi connectivity index (χ1v) is 10.5. The third-order valence-electron chi connectivity index (χ3n) is 4.57. The smallest absolute Gasteiger partial charge is 0.270 e. The van der Waals surface area contributed by atoms with Crippen LogP contribution >= 0.6 is 0 Å². The lowest BCUT2D eigenvalue weighted by atomic mass is 9.97. The van der Waals surface area contributed by atoms with E-state index in [0.717, 1.165) is 24.3 Å². The fourth-order valence-electron chi connectivity index (χ4n) is 2.96. The number of nitrogens with one attached hydrogen (secondary N) is 2. The van der Waals surface area contributed by atoms with Crippen molar-refractivity contribution in [2.24, 2.45) is 0 Å². The van der Waals surface area contributed by atoms with Crippen LogP contribution in [0.25, 0.3) is 0 Å². The van der Waals surface area contributed by atoms with Gasteiger partial charge in [0.05, 0.1) is 23.1 Å². The molecule has 1 aliphatic rings. The number of benzene rings is 2. The summed E-state index contributed by atoms with van der Waals surface area (Å²) >= 11 is -1.47. The molecule has 0 bridgehead atoms. The second kappa shape index (κ2) is 8.77. The van der Waals surface area contributed by atoms with Crippen LogP contribution in [0.5, 0.6) is 5.75 Å². The van der Waals surface area contributed by atoms with E-state index in [-0.39, 0.29) is 29.3 Å². The van der Waals surface area contributed by atoms with Crippen molar-refractivity contribution in [3.8, 4) is 5.75 Å². The topological polar surface area (TPSA) is 117 Å². The molecular formula is C20H21F2N3O5S. The van der Waals surface area contributed by atoms with E-state index < -0.39 is 44.6 Å². The molecule has 166 valence electrons. The van der Waals surface area contributed by atoms with E-state index in [9.17, 15) is 28.2 Å². The highest BCUT2D eigenvalue weighted by Crippen LogP contribution is 2.39. The summed E-state index contributed by atoms with van der Waals surface area (Å²) in [5.41, 5.74) is -0.188. The maximum atomic E-state index is 13.5. The van der Waals surface area contributed by atoms with Crippen LogP contribution in [-0.2, 0) is 11.4 Å². The normalized spacial score (nSPS) is 16.8. The van der Waals surface area contributed by atoms with Crippen LogP contribution in [-0.4, -0.2) is 26.7 Å². The molecule has 1 amide bonds. The minimum Gasteiger partial charge on any atom is -0.598 e. The van der Waals surface area contributed by atoms with E-state index in [4.69, 9.17) is 4.74 Å². The van der Waals surface area contributed by atoms with Crippen molar-refractivity contribution in [1.29, 1.82) is 0 Å². The first-order valence-electron chi connectivity index (χ1n) is 9.37. The monoisotopic (exact) mass is 453 g/mol. The molecule has 0 unspecified atom stereocenters. The Hall–Kier alpha value is -2.76. The number of nitro groups is 1. The predicted octanol–water partition coefficient (Wildman–Crippen LogP) is 4.00. The summed E-state index contributed by atoms with van der Waals surface area (Å²) in [6.07, 6.45) is 0.389. The van der Waals surface area contributed by atoms with Crippen molar-refractivity contribution < 1.29 is 27.8 Å². The molecule has 0 saturated heterocycles. The summed E-state index contributed by atoms with van der Waals surface area (Å²) in [5, 5.41) is 13.8. The predicted molar refractivity (Wildman–Crippen MR) is 111 cm³/mol. The van der Waals surface area contributed by atoms with Gasteiger partial charge in [0.15, 0.2) is 11.6 Å². The molecule has 0 aliphatic carbocycles. The summed E-state index contributed by atoms with van der Waals surface area (Å²) in [6, 6.07) is 4.61. The average Bonchev–Trinajstić information content (AvgIpc) is 2.69. The van der Waals surface area contributed by atoms with E-state index in [1.165, 1.54) is 6.07 Å². The third-order valence-corrected chi connectivity index (χ3v) is 6.18. The van der Waals surface area contributed by atoms with Gasteiger partial charge in [-0.1, -0.05) is 0 Å². The van der Waals surface area contributed by atoms with Gasteiger partial charge in [0.2, 0.25) is 0 Å². The lowest BCUT2D eigenvalue weighted by Gasteiger charge is -2.31. The summed E-state index contributed by atoms with van der Waals surface area (Å²) in [4.78, 5) is 23.6. The molecule has 11 heteroatoms. The number of nitrogens with zero attached hydrogens (tertiary/aromatic N) is 1. The molecular weight excluding hydrogens is 432 g/mol. The number of hydrogen-bond donors (Lipinski definition) is 2. The molecule has 1 aliphatic heterocycles. The van der Waals surface area contributed by atoms with Gasteiger partial charge in [-0.25, -0.2) is 8.78 Å². The summed E-state index contributed by atoms with van der Waals surface area (Å²) in [7, 11) is 0. The average molecular weight is 453 g/mol. The van der Waals surface area contributed by atoms with E-state index in [2.05, 4.69) is 10.0 Å². The van der Waals surface area contributed by atoms with Crippen molar-refractivity contribution in [3.63, 3.8) is 0 Å². The maximum absolute atomic E-state index is 13.5. The maximum Gasteiger partial charge on any atom is 0.270 e. The summed E-state index contributed by atoms with van der Waals surface area (Å²) in [6.45, 7) is 5.54. The summed E-state index contributed by atoms with van der Waals surface area (Å²) < 4.78 is 47.2. The second-order valence-corrected chi connectivity index (χ2v) is 9.94. The molecule has 2 aromatic carbocycles. The van der Waals surface area contributed by atoms with Gasteiger partial charge in [0.25, 0.3) is 11.6 Å². The molecule has 0 radical (unpaired) electrons. The number of ether oxygens (including phenoxy) is 1. The van der Waals surface area contributed by atoms with Crippen molar-refractivity contribution in [1.82, 2.24) is 4.72 Å². The Morgan fingerprint density at radius 1 is 1.23 bits per heavy atom. The van der Waals surface area contributed by atoms with Gasteiger partial charge in [-0.15, -0.1) is 4.72 Å². The summed E-state index contributed by atoms with van der Waals surface area (Å²) in [5.74, 6) is -2.90. The van der Waals surface area contributed by atoms with Crippen LogP contribution in [0.3, 0.4) is 0 Å². The van der Waals surface area contributed by atoms with Gasteiger partial charge in [-0.2, -0.15) is 0 Å². The molecule has 0 saturated carbocycles. The van der Waals surface area contributed by atoms with E-state index >= 15 is 0 Å². The van der Waals surface area contributed by atoms with Crippen LogP contribution in [0, 0.1) is 21.7 Å². The second-order valence-electron chi connectivity index (χ2n) is 7.94. The number of nitro benzene ring substituents is 1. The zero-order valence-electron chi connectivity index (χ0n) is 17.0. The lowest BCUT2D eigenvalue weighted by molar-refractivity contribution is -0.385. The molecule has 2 N–H and O–H groups in total. The van der Waals surface area contributed by atoms with Gasteiger partial charge >= 0.3 is 0 Å². The SMILES string of the molecule is CC(C)(C)[S@+]([O-])N[C@H]1CCOc2c(C(=O)Nc3ccc(F)c(F)c3)cc([N+](=O)[O-])cc21. The highest BCUT2D eigenvalue weighted by Gasteiger charge is 2.35. The number of carbonyl (C=O) groups is 1. The van der Waals surface area contributed by atoms with Crippen LogP contribution in [0.4, 0.5) is 20.2 Å². The molecule has 0 fully saturated rings. The van der Waals surface area contributed by atoms with E-state index in [1.54, 1.807) is 20.8 Å². The molecule has 2 aromatic rings. The minimum atomic E-state index is -1.47. The number of rotatable bonds is 5. The van der Waals surface area contributed by atoms with Crippen LogP contribution in [0.15, 0.2) is 30.3 Å². The molecule has 8 nitrogen and oxygen atoms in total. The zero-order chi connectivity index (χ0) is 22.9. The molecule has 31 heavy (non-hydrogen) atoms.